The van der Waals surface area contributed by atoms with Crippen LogP contribution in [0.3, 0.4) is 0 Å². The summed E-state index contributed by atoms with van der Waals surface area (Å²) in [6.45, 7) is -0.373. The van der Waals surface area contributed by atoms with Crippen LogP contribution >= 0.6 is 11.6 Å². The standard InChI is InChI=1S/C14H13ClFN3O2/c15-11-4-3-9(6-12(11)16)13(8-20)19-14(21)18-10-2-1-5-17-7-10/h1-7,13,20H,8H2,(H2,18,19,21). The number of amides is 2. The number of nitrogens with zero attached hydrogens (tertiary/aromatic N) is 1. The molecule has 1 aromatic heterocycles. The van der Waals surface area contributed by atoms with Gasteiger partial charge in [-0.2, -0.15) is 0 Å². The molecular formula is C14H13ClFN3O2. The fraction of sp³-hybridized carbons (Fsp3) is 0.143. The number of carbonyl (C=O) groups is 1. The molecule has 1 aromatic carbocycles. The SMILES string of the molecule is O=C(Nc1cccnc1)NC(CO)c1ccc(Cl)c(F)c1. The van der Waals surface area contributed by atoms with E-state index in [1.54, 1.807) is 18.3 Å². The third-order valence-corrected chi connectivity index (χ3v) is 3.06. The number of anilines is 1. The van der Waals surface area contributed by atoms with Crippen molar-refractivity contribution in [3.63, 3.8) is 0 Å². The van der Waals surface area contributed by atoms with Crippen LogP contribution < -0.4 is 10.6 Å². The van der Waals surface area contributed by atoms with E-state index in [2.05, 4.69) is 15.6 Å². The normalized spacial score (nSPS) is 11.8. The Kier molecular flexibility index (Phi) is 5.08. The molecule has 0 aliphatic rings. The number of aromatic nitrogens is 1. The first-order valence-corrected chi connectivity index (χ1v) is 6.51. The summed E-state index contributed by atoms with van der Waals surface area (Å²) < 4.78 is 13.4. The summed E-state index contributed by atoms with van der Waals surface area (Å²) in [5.41, 5.74) is 0.926. The Labute approximate surface area is 125 Å². The highest BCUT2D eigenvalue weighted by molar-refractivity contribution is 6.30. The van der Waals surface area contributed by atoms with Gasteiger partial charge in [0, 0.05) is 6.20 Å². The fourth-order valence-corrected chi connectivity index (χ4v) is 1.84. The first-order valence-electron chi connectivity index (χ1n) is 6.13. The van der Waals surface area contributed by atoms with Crippen molar-refractivity contribution in [2.45, 2.75) is 6.04 Å². The molecule has 1 atom stereocenters. The van der Waals surface area contributed by atoms with Gasteiger partial charge in [-0.1, -0.05) is 17.7 Å². The molecule has 5 nitrogen and oxygen atoms in total. The summed E-state index contributed by atoms with van der Waals surface area (Å²) in [5, 5.41) is 14.4. The Morgan fingerprint density at radius 1 is 1.43 bits per heavy atom. The first-order chi connectivity index (χ1) is 10.1. The van der Waals surface area contributed by atoms with Crippen LogP contribution in [-0.2, 0) is 0 Å². The monoisotopic (exact) mass is 309 g/mol. The quantitative estimate of drug-likeness (QED) is 0.813. The van der Waals surface area contributed by atoms with Gasteiger partial charge in [-0.15, -0.1) is 0 Å². The van der Waals surface area contributed by atoms with E-state index < -0.39 is 17.9 Å². The number of nitrogens with one attached hydrogen (secondary N) is 2. The van der Waals surface area contributed by atoms with Gasteiger partial charge in [0.2, 0.25) is 0 Å². The number of hydrogen-bond acceptors (Lipinski definition) is 3. The molecule has 110 valence electrons. The second-order valence-corrected chi connectivity index (χ2v) is 4.66. The van der Waals surface area contributed by atoms with Gasteiger partial charge in [0.15, 0.2) is 0 Å². The number of benzene rings is 1. The van der Waals surface area contributed by atoms with Crippen LogP contribution in [0.5, 0.6) is 0 Å². The molecular weight excluding hydrogens is 297 g/mol. The van der Waals surface area contributed by atoms with Crippen molar-refractivity contribution < 1.29 is 14.3 Å². The van der Waals surface area contributed by atoms with Gasteiger partial charge >= 0.3 is 6.03 Å². The third-order valence-electron chi connectivity index (χ3n) is 2.75. The van der Waals surface area contributed by atoms with E-state index in [4.69, 9.17) is 11.6 Å². The molecule has 0 spiro atoms. The van der Waals surface area contributed by atoms with Gasteiger partial charge in [0.25, 0.3) is 0 Å². The molecule has 7 heteroatoms. The van der Waals surface area contributed by atoms with Gasteiger partial charge in [-0.3, -0.25) is 4.98 Å². The molecule has 1 heterocycles. The highest BCUT2D eigenvalue weighted by atomic mass is 35.5. The molecule has 0 saturated carbocycles. The lowest BCUT2D eigenvalue weighted by atomic mass is 10.1. The molecule has 3 N–H and O–H groups in total. The Morgan fingerprint density at radius 3 is 2.86 bits per heavy atom. The van der Waals surface area contributed by atoms with Crippen molar-refractivity contribution in [2.24, 2.45) is 0 Å². The fourth-order valence-electron chi connectivity index (χ4n) is 1.73. The van der Waals surface area contributed by atoms with Crippen LogP contribution in [-0.4, -0.2) is 22.7 Å². The molecule has 1 unspecified atom stereocenters. The summed E-state index contributed by atoms with van der Waals surface area (Å²) in [7, 11) is 0. The molecule has 0 fully saturated rings. The summed E-state index contributed by atoms with van der Waals surface area (Å²) in [5.74, 6) is -0.609. The Balaban J connectivity index is 2.04. The van der Waals surface area contributed by atoms with E-state index in [0.717, 1.165) is 0 Å². The van der Waals surface area contributed by atoms with Crippen LogP contribution in [0.2, 0.25) is 5.02 Å². The van der Waals surface area contributed by atoms with Crippen LogP contribution in [0.1, 0.15) is 11.6 Å². The molecule has 2 aromatic rings. The second kappa shape index (κ2) is 7.01. The minimum Gasteiger partial charge on any atom is -0.394 e. The number of aliphatic hydroxyl groups excluding tert-OH is 1. The minimum absolute atomic E-state index is 0.0183. The van der Waals surface area contributed by atoms with Crippen LogP contribution in [0.15, 0.2) is 42.7 Å². The number of halogens is 2. The van der Waals surface area contributed by atoms with Gasteiger partial charge < -0.3 is 15.7 Å². The zero-order valence-corrected chi connectivity index (χ0v) is 11.6. The minimum atomic E-state index is -0.742. The Hall–Kier alpha value is -2.18. The number of carbonyl (C=O) groups excluding carboxylic acids is 1. The summed E-state index contributed by atoms with van der Waals surface area (Å²) in [4.78, 5) is 15.7. The first kappa shape index (κ1) is 15.2. The largest absolute Gasteiger partial charge is 0.394 e. The molecule has 2 rings (SSSR count). The number of aliphatic hydroxyl groups is 1. The molecule has 0 saturated heterocycles. The molecule has 0 aliphatic heterocycles. The molecule has 0 radical (unpaired) electrons. The summed E-state index contributed by atoms with van der Waals surface area (Å²) >= 11 is 5.60. The maximum Gasteiger partial charge on any atom is 0.319 e. The molecule has 2 amide bonds. The van der Waals surface area contributed by atoms with E-state index in [-0.39, 0.29) is 11.6 Å². The van der Waals surface area contributed by atoms with Gasteiger partial charge in [-0.25, -0.2) is 9.18 Å². The molecule has 0 aliphatic carbocycles. The summed E-state index contributed by atoms with van der Waals surface area (Å²) in [6, 6.07) is 6.15. The van der Waals surface area contributed by atoms with Gasteiger partial charge in [0.1, 0.15) is 5.82 Å². The number of rotatable bonds is 4. The van der Waals surface area contributed by atoms with Crippen molar-refractivity contribution >= 4 is 23.3 Å². The van der Waals surface area contributed by atoms with Crippen LogP contribution in [0.4, 0.5) is 14.9 Å². The van der Waals surface area contributed by atoms with Crippen LogP contribution in [0.25, 0.3) is 0 Å². The van der Waals surface area contributed by atoms with E-state index in [1.807, 2.05) is 0 Å². The highest BCUT2D eigenvalue weighted by Gasteiger charge is 2.15. The lowest BCUT2D eigenvalue weighted by Crippen LogP contribution is -2.34. The van der Waals surface area contributed by atoms with E-state index in [1.165, 1.54) is 24.4 Å². The predicted octanol–water partition coefficient (Wildman–Crippen LogP) is 2.73. The highest BCUT2D eigenvalue weighted by Crippen LogP contribution is 2.20. The Bertz CT molecular complexity index is 625. The van der Waals surface area contributed by atoms with E-state index >= 15 is 0 Å². The zero-order valence-electron chi connectivity index (χ0n) is 10.9. The Morgan fingerprint density at radius 2 is 2.24 bits per heavy atom. The molecule has 0 bridgehead atoms. The van der Waals surface area contributed by atoms with Crippen molar-refractivity contribution in [1.29, 1.82) is 0 Å². The van der Waals surface area contributed by atoms with Crippen molar-refractivity contribution in [3.8, 4) is 0 Å². The maximum absolute atomic E-state index is 13.4. The van der Waals surface area contributed by atoms with Crippen molar-refractivity contribution in [2.75, 3.05) is 11.9 Å². The van der Waals surface area contributed by atoms with Crippen LogP contribution in [0, 0.1) is 5.82 Å². The van der Waals surface area contributed by atoms with Crippen molar-refractivity contribution in [1.82, 2.24) is 10.3 Å². The van der Waals surface area contributed by atoms with E-state index in [9.17, 15) is 14.3 Å². The average Bonchev–Trinajstić information content (AvgIpc) is 2.49. The summed E-state index contributed by atoms with van der Waals surface area (Å²) in [6.07, 6.45) is 3.06. The lowest BCUT2D eigenvalue weighted by Gasteiger charge is -2.17. The third kappa shape index (κ3) is 4.14. The van der Waals surface area contributed by atoms with Gasteiger partial charge in [0.05, 0.1) is 29.6 Å². The predicted molar refractivity (Wildman–Crippen MR) is 77.6 cm³/mol. The number of urea groups is 1. The topological polar surface area (TPSA) is 74.2 Å². The maximum atomic E-state index is 13.4. The number of hydrogen-bond donors (Lipinski definition) is 3. The number of pyridine rings is 1. The average molecular weight is 310 g/mol. The smallest absolute Gasteiger partial charge is 0.319 e. The zero-order chi connectivity index (χ0) is 15.2. The second-order valence-electron chi connectivity index (χ2n) is 4.25. The lowest BCUT2D eigenvalue weighted by molar-refractivity contribution is 0.225. The van der Waals surface area contributed by atoms with Gasteiger partial charge in [-0.05, 0) is 29.8 Å². The molecule has 21 heavy (non-hydrogen) atoms. The van der Waals surface area contributed by atoms with E-state index in [0.29, 0.717) is 11.3 Å². The van der Waals surface area contributed by atoms with Crippen molar-refractivity contribution in [3.05, 3.63) is 59.1 Å².